The van der Waals surface area contributed by atoms with Crippen LogP contribution in [-0.4, -0.2) is 14.4 Å². The largest absolute Gasteiger partial charge is 0.443 e. The molecule has 0 radical (unpaired) electrons. The van der Waals surface area contributed by atoms with Gasteiger partial charge in [0, 0.05) is 11.8 Å². The van der Waals surface area contributed by atoms with Crippen LogP contribution in [0.15, 0.2) is 41.5 Å². The predicted octanol–water partition coefficient (Wildman–Crippen LogP) is 1.57. The van der Waals surface area contributed by atoms with Crippen molar-refractivity contribution in [2.75, 3.05) is 5.73 Å². The molecular weight excluding hydrogens is 192 g/mol. The summed E-state index contributed by atoms with van der Waals surface area (Å²) in [7, 11) is 0. The van der Waals surface area contributed by atoms with Crippen LogP contribution in [0.25, 0.3) is 17.0 Å². The highest BCUT2D eigenvalue weighted by Crippen LogP contribution is 2.19. The third-order valence-corrected chi connectivity index (χ3v) is 2.19. The Morgan fingerprint density at radius 1 is 1.27 bits per heavy atom. The molecule has 3 aromatic heterocycles. The van der Waals surface area contributed by atoms with E-state index in [1.807, 2.05) is 22.7 Å². The molecule has 0 aliphatic carbocycles. The lowest BCUT2D eigenvalue weighted by Gasteiger charge is -1.97. The maximum atomic E-state index is 5.59. The van der Waals surface area contributed by atoms with E-state index in [1.54, 1.807) is 12.4 Å². The molecule has 74 valence electrons. The first kappa shape index (κ1) is 8.05. The van der Waals surface area contributed by atoms with E-state index in [4.69, 9.17) is 10.2 Å². The Labute approximate surface area is 85.2 Å². The molecule has 0 aliphatic rings. The van der Waals surface area contributed by atoms with Gasteiger partial charge in [-0.25, -0.2) is 9.97 Å². The Morgan fingerprint density at radius 3 is 3.00 bits per heavy atom. The van der Waals surface area contributed by atoms with Gasteiger partial charge in [-0.05, 0) is 12.1 Å². The maximum Gasteiger partial charge on any atom is 0.181 e. The molecule has 0 saturated heterocycles. The van der Waals surface area contributed by atoms with Gasteiger partial charge in [-0.15, -0.1) is 0 Å². The van der Waals surface area contributed by atoms with E-state index in [2.05, 4.69) is 9.97 Å². The standard InChI is InChI=1S/C10H8N4O/c11-9-5-14-4-7(1-2-10(14)13-9)8-3-12-6-15-8/h1-6H,11H2. The minimum Gasteiger partial charge on any atom is -0.443 e. The van der Waals surface area contributed by atoms with Crippen molar-refractivity contribution in [2.45, 2.75) is 0 Å². The molecule has 0 aromatic carbocycles. The van der Waals surface area contributed by atoms with Crippen LogP contribution in [0, 0.1) is 0 Å². The number of hydrogen-bond donors (Lipinski definition) is 1. The fourth-order valence-electron chi connectivity index (χ4n) is 1.52. The van der Waals surface area contributed by atoms with Gasteiger partial charge in [0.25, 0.3) is 0 Å². The molecule has 2 N–H and O–H groups in total. The lowest BCUT2D eigenvalue weighted by Crippen LogP contribution is -1.83. The van der Waals surface area contributed by atoms with Gasteiger partial charge in [-0.3, -0.25) is 0 Å². The van der Waals surface area contributed by atoms with Crippen molar-refractivity contribution in [3.63, 3.8) is 0 Å². The van der Waals surface area contributed by atoms with Crippen molar-refractivity contribution in [3.8, 4) is 11.3 Å². The lowest BCUT2D eigenvalue weighted by atomic mass is 10.2. The molecule has 3 rings (SSSR count). The van der Waals surface area contributed by atoms with Crippen molar-refractivity contribution < 1.29 is 4.42 Å². The first-order chi connectivity index (χ1) is 7.33. The van der Waals surface area contributed by atoms with Crippen LogP contribution in [0.3, 0.4) is 0 Å². The summed E-state index contributed by atoms with van der Waals surface area (Å²) in [5.74, 6) is 1.23. The van der Waals surface area contributed by atoms with Crippen LogP contribution in [0.1, 0.15) is 0 Å². The fraction of sp³-hybridized carbons (Fsp3) is 0. The molecule has 0 saturated carbocycles. The van der Waals surface area contributed by atoms with Gasteiger partial charge >= 0.3 is 0 Å². The first-order valence-corrected chi connectivity index (χ1v) is 4.46. The third kappa shape index (κ3) is 1.25. The summed E-state index contributed by atoms with van der Waals surface area (Å²) in [6.45, 7) is 0. The number of pyridine rings is 1. The molecule has 0 spiro atoms. The molecule has 15 heavy (non-hydrogen) atoms. The molecule has 0 fully saturated rings. The highest BCUT2D eigenvalue weighted by Gasteiger charge is 2.03. The highest BCUT2D eigenvalue weighted by molar-refractivity contribution is 5.59. The van der Waals surface area contributed by atoms with Crippen LogP contribution in [0.5, 0.6) is 0 Å². The summed E-state index contributed by atoms with van der Waals surface area (Å²) in [6.07, 6.45) is 6.73. The van der Waals surface area contributed by atoms with E-state index >= 15 is 0 Å². The molecule has 0 aliphatic heterocycles. The number of fused-ring (bicyclic) bond motifs is 1. The summed E-state index contributed by atoms with van der Waals surface area (Å²) in [6, 6.07) is 3.80. The quantitative estimate of drug-likeness (QED) is 0.647. The SMILES string of the molecule is Nc1cn2cc(-c3cnco3)ccc2n1. The molecule has 0 unspecified atom stereocenters. The van der Waals surface area contributed by atoms with E-state index in [0.29, 0.717) is 5.82 Å². The minimum atomic E-state index is 0.504. The Hall–Kier alpha value is -2.30. The van der Waals surface area contributed by atoms with E-state index in [0.717, 1.165) is 17.0 Å². The van der Waals surface area contributed by atoms with Crippen LogP contribution in [0.2, 0.25) is 0 Å². The average Bonchev–Trinajstić information content (AvgIpc) is 2.82. The maximum absolute atomic E-state index is 5.59. The molecule has 3 heterocycles. The van der Waals surface area contributed by atoms with Crippen molar-refractivity contribution in [1.82, 2.24) is 14.4 Å². The van der Waals surface area contributed by atoms with Gasteiger partial charge in [-0.1, -0.05) is 0 Å². The normalized spacial score (nSPS) is 10.9. The molecule has 3 aromatic rings. The number of nitrogens with two attached hydrogens (primary N) is 1. The molecule has 5 nitrogen and oxygen atoms in total. The zero-order chi connectivity index (χ0) is 10.3. The minimum absolute atomic E-state index is 0.504. The average molecular weight is 200 g/mol. The number of nitrogen functional groups attached to an aromatic ring is 1. The van der Waals surface area contributed by atoms with Crippen molar-refractivity contribution in [2.24, 2.45) is 0 Å². The van der Waals surface area contributed by atoms with Crippen LogP contribution in [-0.2, 0) is 0 Å². The van der Waals surface area contributed by atoms with E-state index in [1.165, 1.54) is 6.39 Å². The Kier molecular flexibility index (Phi) is 1.53. The van der Waals surface area contributed by atoms with E-state index in [-0.39, 0.29) is 0 Å². The zero-order valence-corrected chi connectivity index (χ0v) is 7.79. The predicted molar refractivity (Wildman–Crippen MR) is 55.1 cm³/mol. The molecule has 0 atom stereocenters. The van der Waals surface area contributed by atoms with Crippen LogP contribution in [0.4, 0.5) is 5.82 Å². The number of nitrogens with zero attached hydrogens (tertiary/aromatic N) is 3. The first-order valence-electron chi connectivity index (χ1n) is 4.46. The highest BCUT2D eigenvalue weighted by atomic mass is 16.3. The van der Waals surface area contributed by atoms with Crippen LogP contribution >= 0.6 is 0 Å². The monoisotopic (exact) mass is 200 g/mol. The summed E-state index contributed by atoms with van der Waals surface area (Å²) < 4.78 is 7.05. The van der Waals surface area contributed by atoms with Crippen molar-refractivity contribution in [1.29, 1.82) is 0 Å². The van der Waals surface area contributed by atoms with Gasteiger partial charge in [-0.2, -0.15) is 0 Å². The Balaban J connectivity index is 2.21. The number of anilines is 1. The second-order valence-electron chi connectivity index (χ2n) is 3.21. The summed E-state index contributed by atoms with van der Waals surface area (Å²) in [5.41, 5.74) is 7.35. The van der Waals surface area contributed by atoms with Gasteiger partial charge in [0.2, 0.25) is 0 Å². The van der Waals surface area contributed by atoms with Crippen LogP contribution < -0.4 is 5.73 Å². The second-order valence-corrected chi connectivity index (χ2v) is 3.21. The summed E-state index contributed by atoms with van der Waals surface area (Å²) >= 11 is 0. The topological polar surface area (TPSA) is 69.3 Å². The van der Waals surface area contributed by atoms with Gasteiger partial charge < -0.3 is 14.6 Å². The second kappa shape index (κ2) is 2.84. The van der Waals surface area contributed by atoms with Crippen molar-refractivity contribution in [3.05, 3.63) is 37.1 Å². The van der Waals surface area contributed by atoms with Crippen molar-refractivity contribution >= 4 is 11.5 Å². The lowest BCUT2D eigenvalue weighted by molar-refractivity contribution is 0.571. The number of rotatable bonds is 1. The van der Waals surface area contributed by atoms with Gasteiger partial charge in [0.05, 0.1) is 12.4 Å². The van der Waals surface area contributed by atoms with Gasteiger partial charge in [0.15, 0.2) is 12.2 Å². The Morgan fingerprint density at radius 2 is 2.20 bits per heavy atom. The summed E-state index contributed by atoms with van der Waals surface area (Å²) in [4.78, 5) is 8.00. The van der Waals surface area contributed by atoms with E-state index in [9.17, 15) is 0 Å². The van der Waals surface area contributed by atoms with Gasteiger partial charge in [0.1, 0.15) is 11.5 Å². The fourth-order valence-corrected chi connectivity index (χ4v) is 1.52. The third-order valence-electron chi connectivity index (χ3n) is 2.19. The number of aromatic nitrogens is 3. The molecule has 0 bridgehead atoms. The summed E-state index contributed by atoms with van der Waals surface area (Å²) in [5, 5.41) is 0. The number of hydrogen-bond acceptors (Lipinski definition) is 4. The smallest absolute Gasteiger partial charge is 0.181 e. The number of oxazole rings is 1. The molecule has 0 amide bonds. The zero-order valence-electron chi connectivity index (χ0n) is 7.79. The molecular formula is C10H8N4O. The molecule has 5 heteroatoms. The van der Waals surface area contributed by atoms with E-state index < -0.39 is 0 Å². The Bertz CT molecular complexity index is 597. The number of imidazole rings is 1.